The van der Waals surface area contributed by atoms with Crippen LogP contribution in [0.25, 0.3) is 0 Å². The molecule has 1 heterocycles. The number of rotatable bonds is 8. The van der Waals surface area contributed by atoms with Crippen molar-refractivity contribution in [2.45, 2.75) is 26.1 Å². The Balaban J connectivity index is 1.72. The van der Waals surface area contributed by atoms with Crippen LogP contribution in [0.4, 0.5) is 4.39 Å². The van der Waals surface area contributed by atoms with Crippen LogP contribution in [0.15, 0.2) is 67.3 Å². The van der Waals surface area contributed by atoms with Crippen LogP contribution in [-0.4, -0.2) is 27.5 Å². The molecule has 0 aliphatic carbocycles. The molecule has 0 N–H and O–H groups in total. The zero-order chi connectivity index (χ0) is 19.1. The van der Waals surface area contributed by atoms with E-state index in [1.165, 1.54) is 12.1 Å². The lowest BCUT2D eigenvalue weighted by molar-refractivity contribution is -0.132. The number of nitrogens with zero attached hydrogens (tertiary/aromatic N) is 3. The summed E-state index contributed by atoms with van der Waals surface area (Å²) in [4.78, 5) is 18.6. The number of benzene rings is 2. The zero-order valence-corrected chi connectivity index (χ0v) is 15.2. The average Bonchev–Trinajstić information content (AvgIpc) is 3.20. The highest BCUT2D eigenvalue weighted by Crippen LogP contribution is 2.16. The zero-order valence-electron chi connectivity index (χ0n) is 15.2. The fraction of sp³-hybridized carbons (Fsp3) is 0.238. The molecule has 2 aromatic carbocycles. The van der Waals surface area contributed by atoms with Crippen LogP contribution in [0.3, 0.4) is 0 Å². The molecular weight excluding hydrogens is 345 g/mol. The molecule has 3 rings (SSSR count). The lowest BCUT2D eigenvalue weighted by Crippen LogP contribution is -2.30. The highest BCUT2D eigenvalue weighted by molar-refractivity contribution is 5.76. The maximum atomic E-state index is 13.5. The lowest BCUT2D eigenvalue weighted by Gasteiger charge is -2.23. The van der Waals surface area contributed by atoms with E-state index in [1.807, 2.05) is 41.1 Å². The summed E-state index contributed by atoms with van der Waals surface area (Å²) in [7, 11) is 1.62. The van der Waals surface area contributed by atoms with Crippen LogP contribution in [0.5, 0.6) is 5.75 Å². The molecule has 27 heavy (non-hydrogen) atoms. The van der Waals surface area contributed by atoms with Crippen LogP contribution in [0.2, 0.25) is 0 Å². The standard InChI is InChI=1S/C21H22FN3O2/c1-27-20-7-5-17(6-8-20)14-25(15-18-3-2-4-19(22)13-18)21(26)9-11-24-12-10-23-16-24/h2-8,10,12-13,16H,9,11,14-15H2,1H3. The second kappa shape index (κ2) is 8.98. The fourth-order valence-corrected chi connectivity index (χ4v) is 2.84. The number of amides is 1. The second-order valence-corrected chi connectivity index (χ2v) is 6.28. The average molecular weight is 367 g/mol. The summed E-state index contributed by atoms with van der Waals surface area (Å²) in [5, 5.41) is 0. The first-order chi connectivity index (χ1) is 13.1. The maximum absolute atomic E-state index is 13.5. The summed E-state index contributed by atoms with van der Waals surface area (Å²) in [6.07, 6.45) is 5.55. The number of imidazole rings is 1. The Labute approximate surface area is 158 Å². The molecule has 3 aromatic rings. The van der Waals surface area contributed by atoms with Crippen LogP contribution in [-0.2, 0) is 24.4 Å². The van der Waals surface area contributed by atoms with E-state index in [1.54, 1.807) is 30.6 Å². The predicted octanol–water partition coefficient (Wildman–Crippen LogP) is 3.65. The van der Waals surface area contributed by atoms with Gasteiger partial charge in [-0.3, -0.25) is 4.79 Å². The molecular formula is C21H22FN3O2. The topological polar surface area (TPSA) is 47.4 Å². The van der Waals surface area contributed by atoms with Crippen molar-refractivity contribution in [2.24, 2.45) is 0 Å². The van der Waals surface area contributed by atoms with Gasteiger partial charge in [0.1, 0.15) is 11.6 Å². The highest BCUT2D eigenvalue weighted by atomic mass is 19.1. The Morgan fingerprint density at radius 2 is 1.93 bits per heavy atom. The van der Waals surface area contributed by atoms with Crippen molar-refractivity contribution in [2.75, 3.05) is 7.11 Å². The first kappa shape index (κ1) is 18.6. The Morgan fingerprint density at radius 3 is 2.59 bits per heavy atom. The molecule has 0 fully saturated rings. The maximum Gasteiger partial charge on any atom is 0.224 e. The third-order valence-corrected chi connectivity index (χ3v) is 4.29. The Bertz CT molecular complexity index is 863. The summed E-state index contributed by atoms with van der Waals surface area (Å²) >= 11 is 0. The van der Waals surface area contributed by atoms with Crippen LogP contribution >= 0.6 is 0 Å². The molecule has 0 saturated heterocycles. The molecule has 1 amide bonds. The van der Waals surface area contributed by atoms with Gasteiger partial charge in [-0.25, -0.2) is 9.37 Å². The van der Waals surface area contributed by atoms with Gasteiger partial charge in [0, 0.05) is 38.4 Å². The number of carbonyl (C=O) groups is 1. The van der Waals surface area contributed by atoms with E-state index in [4.69, 9.17) is 4.74 Å². The number of hydrogen-bond acceptors (Lipinski definition) is 3. The summed E-state index contributed by atoms with van der Waals surface area (Å²) in [6, 6.07) is 13.9. The van der Waals surface area contributed by atoms with Crippen molar-refractivity contribution < 1.29 is 13.9 Å². The summed E-state index contributed by atoms with van der Waals surface area (Å²) in [5.41, 5.74) is 1.75. The van der Waals surface area contributed by atoms with Crippen LogP contribution in [0.1, 0.15) is 17.5 Å². The molecule has 0 aliphatic heterocycles. The van der Waals surface area contributed by atoms with E-state index in [2.05, 4.69) is 4.98 Å². The van der Waals surface area contributed by atoms with E-state index in [-0.39, 0.29) is 11.7 Å². The Kier molecular flexibility index (Phi) is 6.20. The first-order valence-electron chi connectivity index (χ1n) is 8.75. The smallest absolute Gasteiger partial charge is 0.224 e. The van der Waals surface area contributed by atoms with E-state index in [0.717, 1.165) is 16.9 Å². The Hall–Kier alpha value is -3.15. The molecule has 5 nitrogen and oxygen atoms in total. The van der Waals surface area contributed by atoms with Gasteiger partial charge < -0.3 is 14.2 Å². The minimum atomic E-state index is -0.303. The van der Waals surface area contributed by atoms with Crippen molar-refractivity contribution in [1.29, 1.82) is 0 Å². The van der Waals surface area contributed by atoms with Crippen molar-refractivity contribution in [3.05, 3.63) is 84.2 Å². The third kappa shape index (κ3) is 5.41. The van der Waals surface area contributed by atoms with E-state index in [0.29, 0.717) is 26.1 Å². The Morgan fingerprint density at radius 1 is 1.15 bits per heavy atom. The van der Waals surface area contributed by atoms with Gasteiger partial charge in [0.05, 0.1) is 13.4 Å². The van der Waals surface area contributed by atoms with Crippen molar-refractivity contribution in [3.8, 4) is 5.75 Å². The van der Waals surface area contributed by atoms with Crippen molar-refractivity contribution in [1.82, 2.24) is 14.5 Å². The SMILES string of the molecule is COc1ccc(CN(Cc2cccc(F)c2)C(=O)CCn2ccnc2)cc1. The first-order valence-corrected chi connectivity index (χ1v) is 8.75. The van der Waals surface area contributed by atoms with Gasteiger partial charge in [-0.2, -0.15) is 0 Å². The largest absolute Gasteiger partial charge is 0.497 e. The molecule has 0 bridgehead atoms. The van der Waals surface area contributed by atoms with E-state index < -0.39 is 0 Å². The lowest BCUT2D eigenvalue weighted by atomic mass is 10.1. The molecule has 140 valence electrons. The van der Waals surface area contributed by atoms with Crippen LogP contribution in [0, 0.1) is 5.82 Å². The van der Waals surface area contributed by atoms with Crippen LogP contribution < -0.4 is 4.74 Å². The second-order valence-electron chi connectivity index (χ2n) is 6.28. The minimum Gasteiger partial charge on any atom is -0.497 e. The highest BCUT2D eigenvalue weighted by Gasteiger charge is 2.15. The summed E-state index contributed by atoms with van der Waals surface area (Å²) in [6.45, 7) is 1.36. The van der Waals surface area contributed by atoms with E-state index in [9.17, 15) is 9.18 Å². The molecule has 0 saturated carbocycles. The molecule has 0 aliphatic rings. The van der Waals surface area contributed by atoms with Crippen molar-refractivity contribution in [3.63, 3.8) is 0 Å². The molecule has 0 atom stereocenters. The predicted molar refractivity (Wildman–Crippen MR) is 100 cm³/mol. The normalized spacial score (nSPS) is 10.6. The molecule has 0 spiro atoms. The monoisotopic (exact) mass is 367 g/mol. The summed E-state index contributed by atoms with van der Waals surface area (Å²) < 4.78 is 20.6. The van der Waals surface area contributed by atoms with E-state index >= 15 is 0 Å². The minimum absolute atomic E-state index is 0.00350. The molecule has 1 aromatic heterocycles. The number of hydrogen-bond donors (Lipinski definition) is 0. The van der Waals surface area contributed by atoms with Gasteiger partial charge in [0.25, 0.3) is 0 Å². The molecule has 6 heteroatoms. The summed E-state index contributed by atoms with van der Waals surface area (Å²) in [5.74, 6) is 0.466. The van der Waals surface area contributed by atoms with Gasteiger partial charge in [0.2, 0.25) is 5.91 Å². The number of aryl methyl sites for hydroxylation is 1. The fourth-order valence-electron chi connectivity index (χ4n) is 2.84. The third-order valence-electron chi connectivity index (χ3n) is 4.29. The molecule has 0 unspecified atom stereocenters. The van der Waals surface area contributed by atoms with Gasteiger partial charge in [-0.1, -0.05) is 24.3 Å². The van der Waals surface area contributed by atoms with Gasteiger partial charge >= 0.3 is 0 Å². The number of carbonyl (C=O) groups excluding carboxylic acids is 1. The molecule has 0 radical (unpaired) electrons. The quantitative estimate of drug-likeness (QED) is 0.611. The van der Waals surface area contributed by atoms with Crippen molar-refractivity contribution >= 4 is 5.91 Å². The number of ether oxygens (including phenoxy) is 1. The number of halogens is 1. The number of methoxy groups -OCH3 is 1. The van der Waals surface area contributed by atoms with Gasteiger partial charge in [0.15, 0.2) is 0 Å². The number of aromatic nitrogens is 2. The van der Waals surface area contributed by atoms with Gasteiger partial charge in [-0.05, 0) is 35.4 Å². The van der Waals surface area contributed by atoms with Gasteiger partial charge in [-0.15, -0.1) is 0 Å².